The number of amides is 1. The number of methoxy groups -OCH3 is 3. The third-order valence-electron chi connectivity index (χ3n) is 3.93. The fourth-order valence-corrected chi connectivity index (χ4v) is 3.41. The second kappa shape index (κ2) is 9.82. The summed E-state index contributed by atoms with van der Waals surface area (Å²) in [5, 5.41) is 4.83. The lowest BCUT2D eigenvalue weighted by Crippen LogP contribution is -2.30. The normalized spacial score (nSPS) is 11.5. The molecule has 0 unspecified atom stereocenters. The van der Waals surface area contributed by atoms with Gasteiger partial charge in [-0.05, 0) is 29.5 Å². The van der Waals surface area contributed by atoms with E-state index in [0.29, 0.717) is 17.9 Å². The van der Waals surface area contributed by atoms with Crippen molar-refractivity contribution in [2.45, 2.75) is 25.3 Å². The minimum atomic E-state index is -0.387. The van der Waals surface area contributed by atoms with Crippen molar-refractivity contribution in [2.75, 3.05) is 21.3 Å². The molecule has 1 aromatic heterocycles. The van der Waals surface area contributed by atoms with E-state index in [-0.39, 0.29) is 30.8 Å². The zero-order chi connectivity index (χ0) is 18.9. The van der Waals surface area contributed by atoms with E-state index >= 15 is 0 Å². The van der Waals surface area contributed by atoms with E-state index in [2.05, 4.69) is 5.32 Å². The van der Waals surface area contributed by atoms with E-state index in [1.165, 1.54) is 18.4 Å². The smallest absolute Gasteiger partial charge is 0.307 e. The molecule has 140 valence electrons. The summed E-state index contributed by atoms with van der Waals surface area (Å²) in [6.07, 6.45) is 0.874. The molecule has 2 aromatic rings. The number of benzene rings is 1. The number of carbonyl (C=O) groups is 2. The second-order valence-corrected chi connectivity index (χ2v) is 6.55. The van der Waals surface area contributed by atoms with Crippen LogP contribution in [-0.4, -0.2) is 33.2 Å². The van der Waals surface area contributed by atoms with Gasteiger partial charge in [-0.3, -0.25) is 9.59 Å². The van der Waals surface area contributed by atoms with Gasteiger partial charge in [0.2, 0.25) is 5.91 Å². The molecule has 7 heteroatoms. The zero-order valence-electron chi connectivity index (χ0n) is 15.1. The molecular formula is C19H23NO5S. The van der Waals surface area contributed by atoms with Gasteiger partial charge in [-0.15, -0.1) is 11.3 Å². The van der Waals surface area contributed by atoms with Gasteiger partial charge in [0.25, 0.3) is 0 Å². The number of rotatable bonds is 9. The summed E-state index contributed by atoms with van der Waals surface area (Å²) < 4.78 is 15.4. The molecule has 0 aliphatic carbocycles. The molecule has 0 saturated heterocycles. The van der Waals surface area contributed by atoms with E-state index in [0.717, 1.165) is 10.4 Å². The standard InChI is InChI=1S/C19H23NO5S/c1-23-15-7-4-6-13(19(15)25-3)9-10-17(21)20-14(12-18(22)24-2)16-8-5-11-26-16/h4-8,11,14H,9-10,12H2,1-3H3,(H,20,21)/t14-/m1/s1. The molecular weight excluding hydrogens is 354 g/mol. The first-order chi connectivity index (χ1) is 12.6. The number of hydrogen-bond donors (Lipinski definition) is 1. The van der Waals surface area contributed by atoms with Gasteiger partial charge in [-0.25, -0.2) is 0 Å². The molecule has 2 rings (SSSR count). The number of ether oxygens (including phenoxy) is 3. The SMILES string of the molecule is COC(=O)C[C@@H](NC(=O)CCc1cccc(OC)c1OC)c1cccs1. The Bertz CT molecular complexity index is 730. The highest BCUT2D eigenvalue weighted by Crippen LogP contribution is 2.31. The summed E-state index contributed by atoms with van der Waals surface area (Å²) in [5.74, 6) is 0.759. The molecule has 1 heterocycles. The van der Waals surface area contributed by atoms with Crippen molar-refractivity contribution >= 4 is 23.2 Å². The van der Waals surface area contributed by atoms with E-state index in [1.54, 1.807) is 14.2 Å². The fraction of sp³-hybridized carbons (Fsp3) is 0.368. The molecule has 0 aliphatic heterocycles. The minimum Gasteiger partial charge on any atom is -0.493 e. The summed E-state index contributed by atoms with van der Waals surface area (Å²) in [5.41, 5.74) is 0.891. The third-order valence-corrected chi connectivity index (χ3v) is 4.91. The van der Waals surface area contributed by atoms with Gasteiger partial charge in [-0.1, -0.05) is 18.2 Å². The van der Waals surface area contributed by atoms with Crippen molar-refractivity contribution in [3.05, 3.63) is 46.2 Å². The molecule has 0 spiro atoms. The lowest BCUT2D eigenvalue weighted by Gasteiger charge is -2.17. The Morgan fingerprint density at radius 2 is 1.92 bits per heavy atom. The highest BCUT2D eigenvalue weighted by atomic mass is 32.1. The number of hydrogen-bond acceptors (Lipinski definition) is 6. The number of carbonyl (C=O) groups excluding carboxylic acids is 2. The van der Waals surface area contributed by atoms with Crippen molar-refractivity contribution in [1.29, 1.82) is 0 Å². The molecule has 1 amide bonds. The maximum absolute atomic E-state index is 12.4. The van der Waals surface area contributed by atoms with Crippen LogP contribution in [0.5, 0.6) is 11.5 Å². The number of thiophene rings is 1. The molecule has 0 aliphatic rings. The van der Waals surface area contributed by atoms with Crippen molar-refractivity contribution in [1.82, 2.24) is 5.32 Å². The summed E-state index contributed by atoms with van der Waals surface area (Å²) >= 11 is 1.49. The minimum absolute atomic E-state index is 0.102. The van der Waals surface area contributed by atoms with Crippen LogP contribution in [0.4, 0.5) is 0 Å². The maximum atomic E-state index is 12.4. The fourth-order valence-electron chi connectivity index (χ4n) is 2.63. The monoisotopic (exact) mass is 377 g/mol. The van der Waals surface area contributed by atoms with Crippen LogP contribution in [0.3, 0.4) is 0 Å². The van der Waals surface area contributed by atoms with E-state index in [9.17, 15) is 9.59 Å². The van der Waals surface area contributed by atoms with Gasteiger partial charge in [0.15, 0.2) is 11.5 Å². The van der Waals surface area contributed by atoms with Crippen molar-refractivity contribution < 1.29 is 23.8 Å². The average molecular weight is 377 g/mol. The summed E-state index contributed by atoms with van der Waals surface area (Å²) in [4.78, 5) is 25.0. The zero-order valence-corrected chi connectivity index (χ0v) is 15.9. The Kier molecular flexibility index (Phi) is 7.47. The number of esters is 1. The molecule has 6 nitrogen and oxygen atoms in total. The summed E-state index contributed by atoms with van der Waals surface area (Å²) in [6.45, 7) is 0. The molecule has 0 radical (unpaired) electrons. The van der Waals surface area contributed by atoms with Crippen LogP contribution >= 0.6 is 11.3 Å². The predicted octanol–water partition coefficient (Wildman–Crippen LogP) is 3.12. The molecule has 1 N–H and O–H groups in total. The Labute approximate surface area is 157 Å². The van der Waals surface area contributed by atoms with Crippen LogP contribution < -0.4 is 14.8 Å². The van der Waals surface area contributed by atoms with Crippen LogP contribution in [0.15, 0.2) is 35.7 Å². The van der Waals surface area contributed by atoms with Gasteiger partial charge in [0.05, 0.1) is 33.8 Å². The van der Waals surface area contributed by atoms with E-state index in [4.69, 9.17) is 14.2 Å². The Hall–Kier alpha value is -2.54. The lowest BCUT2D eigenvalue weighted by atomic mass is 10.1. The van der Waals surface area contributed by atoms with Crippen LogP contribution in [0, 0.1) is 0 Å². The van der Waals surface area contributed by atoms with E-state index < -0.39 is 0 Å². The number of aryl methyl sites for hydroxylation is 1. The Morgan fingerprint density at radius 3 is 2.54 bits per heavy atom. The first kappa shape index (κ1) is 19.8. The molecule has 1 aromatic carbocycles. The lowest BCUT2D eigenvalue weighted by molar-refractivity contribution is -0.141. The number of para-hydroxylation sites is 1. The van der Waals surface area contributed by atoms with Gasteiger partial charge < -0.3 is 19.5 Å². The van der Waals surface area contributed by atoms with Gasteiger partial charge in [0, 0.05) is 11.3 Å². The average Bonchev–Trinajstić information content (AvgIpc) is 3.19. The Morgan fingerprint density at radius 1 is 1.12 bits per heavy atom. The Balaban J connectivity index is 2.01. The third kappa shape index (κ3) is 5.23. The molecule has 0 bridgehead atoms. The van der Waals surface area contributed by atoms with Crippen LogP contribution in [0.2, 0.25) is 0 Å². The predicted molar refractivity (Wildman–Crippen MR) is 99.7 cm³/mol. The largest absolute Gasteiger partial charge is 0.493 e. The van der Waals surface area contributed by atoms with E-state index in [1.807, 2.05) is 35.7 Å². The van der Waals surface area contributed by atoms with Crippen LogP contribution in [0.1, 0.15) is 29.3 Å². The molecule has 0 saturated carbocycles. The summed E-state index contributed by atoms with van der Waals surface area (Å²) in [7, 11) is 4.49. The van der Waals surface area contributed by atoms with Crippen LogP contribution in [-0.2, 0) is 20.7 Å². The van der Waals surface area contributed by atoms with Crippen molar-refractivity contribution in [2.24, 2.45) is 0 Å². The van der Waals surface area contributed by atoms with Crippen molar-refractivity contribution in [3.8, 4) is 11.5 Å². The highest BCUT2D eigenvalue weighted by Gasteiger charge is 2.20. The van der Waals surface area contributed by atoms with Crippen LogP contribution in [0.25, 0.3) is 0 Å². The summed E-state index contributed by atoms with van der Waals surface area (Å²) in [6, 6.07) is 8.97. The first-order valence-electron chi connectivity index (χ1n) is 8.18. The number of nitrogens with one attached hydrogen (secondary N) is 1. The van der Waals surface area contributed by atoms with Gasteiger partial charge in [-0.2, -0.15) is 0 Å². The molecule has 26 heavy (non-hydrogen) atoms. The maximum Gasteiger partial charge on any atom is 0.307 e. The first-order valence-corrected chi connectivity index (χ1v) is 9.06. The second-order valence-electron chi connectivity index (χ2n) is 5.57. The quantitative estimate of drug-likeness (QED) is 0.680. The van der Waals surface area contributed by atoms with Gasteiger partial charge >= 0.3 is 5.97 Å². The molecule has 1 atom stereocenters. The topological polar surface area (TPSA) is 73.9 Å². The van der Waals surface area contributed by atoms with Crippen molar-refractivity contribution in [3.63, 3.8) is 0 Å². The highest BCUT2D eigenvalue weighted by molar-refractivity contribution is 7.10. The van der Waals surface area contributed by atoms with Gasteiger partial charge in [0.1, 0.15) is 0 Å². The molecule has 0 fully saturated rings.